The second-order valence-electron chi connectivity index (χ2n) is 4.68. The Morgan fingerprint density at radius 1 is 1.08 bits per heavy atom. The molecule has 2 nitrogen and oxygen atoms in total. The van der Waals surface area contributed by atoms with E-state index in [4.69, 9.17) is 5.73 Å². The van der Waals surface area contributed by atoms with Crippen LogP contribution in [0.5, 0.6) is 0 Å². The van der Waals surface area contributed by atoms with E-state index in [1.165, 1.54) is 25.7 Å². The molecule has 0 aromatic rings. The van der Waals surface area contributed by atoms with Gasteiger partial charge in [-0.3, -0.25) is 0 Å². The predicted molar refractivity (Wildman–Crippen MR) is 59.8 cm³/mol. The third-order valence-electron chi connectivity index (χ3n) is 2.30. The van der Waals surface area contributed by atoms with E-state index in [9.17, 15) is 0 Å². The van der Waals surface area contributed by atoms with Crippen molar-refractivity contribution in [2.24, 2.45) is 11.7 Å². The molecule has 0 radical (unpaired) electrons. The standard InChI is InChI=1S/C11H26N2/c1-10(2)7-8-11(12)6-5-9-13(3)4/h10-11H,5-9,12H2,1-4H3. The first-order chi connectivity index (χ1) is 6.02. The predicted octanol–water partition coefficient (Wildman–Crippen LogP) is 2.09. The summed E-state index contributed by atoms with van der Waals surface area (Å²) in [5, 5.41) is 0. The molecule has 0 saturated heterocycles. The van der Waals surface area contributed by atoms with Crippen molar-refractivity contribution in [3.05, 3.63) is 0 Å². The highest BCUT2D eigenvalue weighted by Crippen LogP contribution is 2.08. The first-order valence-electron chi connectivity index (χ1n) is 5.42. The van der Waals surface area contributed by atoms with Crippen LogP contribution >= 0.6 is 0 Å². The average Bonchev–Trinajstić information content (AvgIpc) is 2.00. The summed E-state index contributed by atoms with van der Waals surface area (Å²) in [6.45, 7) is 5.68. The second-order valence-corrected chi connectivity index (χ2v) is 4.68. The lowest BCUT2D eigenvalue weighted by molar-refractivity contribution is 0.375. The first kappa shape index (κ1) is 12.9. The van der Waals surface area contributed by atoms with E-state index in [-0.39, 0.29) is 0 Å². The van der Waals surface area contributed by atoms with Crippen LogP contribution in [0.1, 0.15) is 39.5 Å². The molecule has 0 aliphatic heterocycles. The average molecular weight is 186 g/mol. The van der Waals surface area contributed by atoms with Gasteiger partial charge in [0.05, 0.1) is 0 Å². The van der Waals surface area contributed by atoms with Gasteiger partial charge in [-0.15, -0.1) is 0 Å². The van der Waals surface area contributed by atoms with Gasteiger partial charge >= 0.3 is 0 Å². The normalized spacial score (nSPS) is 14.1. The summed E-state index contributed by atoms with van der Waals surface area (Å²) >= 11 is 0. The molecule has 0 aromatic carbocycles. The first-order valence-corrected chi connectivity index (χ1v) is 5.42. The van der Waals surface area contributed by atoms with E-state index in [1.54, 1.807) is 0 Å². The van der Waals surface area contributed by atoms with Crippen LogP contribution in [0.15, 0.2) is 0 Å². The summed E-state index contributed by atoms with van der Waals surface area (Å²) in [5.74, 6) is 0.792. The summed E-state index contributed by atoms with van der Waals surface area (Å²) in [6.07, 6.45) is 4.85. The number of rotatable bonds is 7. The van der Waals surface area contributed by atoms with Gasteiger partial charge in [-0.05, 0) is 52.2 Å². The lowest BCUT2D eigenvalue weighted by Gasteiger charge is -2.14. The van der Waals surface area contributed by atoms with Crippen LogP contribution in [-0.2, 0) is 0 Å². The van der Waals surface area contributed by atoms with E-state index in [0.717, 1.165) is 12.5 Å². The molecule has 1 unspecified atom stereocenters. The summed E-state index contributed by atoms with van der Waals surface area (Å²) < 4.78 is 0. The summed E-state index contributed by atoms with van der Waals surface area (Å²) in [7, 11) is 4.22. The van der Waals surface area contributed by atoms with E-state index in [2.05, 4.69) is 32.8 Å². The molecule has 13 heavy (non-hydrogen) atoms. The largest absolute Gasteiger partial charge is 0.328 e. The van der Waals surface area contributed by atoms with Crippen molar-refractivity contribution < 1.29 is 0 Å². The fraction of sp³-hybridized carbons (Fsp3) is 1.00. The SMILES string of the molecule is CC(C)CCC(N)CCCN(C)C. The molecule has 0 amide bonds. The van der Waals surface area contributed by atoms with E-state index < -0.39 is 0 Å². The number of hydrogen-bond acceptors (Lipinski definition) is 2. The van der Waals surface area contributed by atoms with Gasteiger partial charge < -0.3 is 10.6 Å². The topological polar surface area (TPSA) is 29.3 Å². The van der Waals surface area contributed by atoms with Crippen molar-refractivity contribution in [2.75, 3.05) is 20.6 Å². The number of nitrogens with zero attached hydrogens (tertiary/aromatic N) is 1. The van der Waals surface area contributed by atoms with Crippen molar-refractivity contribution in [1.82, 2.24) is 4.90 Å². The van der Waals surface area contributed by atoms with Crippen LogP contribution in [0.2, 0.25) is 0 Å². The minimum absolute atomic E-state index is 0.419. The Bertz CT molecular complexity index is 111. The minimum atomic E-state index is 0.419. The third-order valence-corrected chi connectivity index (χ3v) is 2.30. The molecule has 0 rings (SSSR count). The molecule has 1 atom stereocenters. The fourth-order valence-electron chi connectivity index (χ4n) is 1.36. The molecule has 0 spiro atoms. The molecular formula is C11H26N2. The van der Waals surface area contributed by atoms with Gasteiger partial charge in [-0.2, -0.15) is 0 Å². The zero-order valence-electron chi connectivity index (χ0n) is 9.71. The van der Waals surface area contributed by atoms with Crippen molar-refractivity contribution >= 4 is 0 Å². The Labute approximate surface area is 83.5 Å². The number of nitrogens with two attached hydrogens (primary N) is 1. The molecule has 0 bridgehead atoms. The minimum Gasteiger partial charge on any atom is -0.328 e. The van der Waals surface area contributed by atoms with Gasteiger partial charge in [0.2, 0.25) is 0 Å². The van der Waals surface area contributed by atoms with Gasteiger partial charge in [-0.1, -0.05) is 13.8 Å². The molecule has 2 heteroatoms. The van der Waals surface area contributed by atoms with Crippen LogP contribution in [0.3, 0.4) is 0 Å². The quantitative estimate of drug-likeness (QED) is 0.659. The molecule has 0 aliphatic rings. The van der Waals surface area contributed by atoms with Crippen molar-refractivity contribution in [2.45, 2.75) is 45.6 Å². The monoisotopic (exact) mass is 186 g/mol. The molecule has 80 valence electrons. The molecule has 0 heterocycles. The fourth-order valence-corrected chi connectivity index (χ4v) is 1.36. The molecule has 2 N–H and O–H groups in total. The van der Waals surface area contributed by atoms with E-state index in [1.807, 2.05) is 0 Å². The maximum absolute atomic E-state index is 5.99. The van der Waals surface area contributed by atoms with Crippen LogP contribution in [0.4, 0.5) is 0 Å². The zero-order chi connectivity index (χ0) is 10.3. The lowest BCUT2D eigenvalue weighted by Crippen LogP contribution is -2.22. The summed E-state index contributed by atoms with van der Waals surface area (Å²) in [5.41, 5.74) is 5.99. The van der Waals surface area contributed by atoms with Gasteiger partial charge in [0.25, 0.3) is 0 Å². The Hall–Kier alpha value is -0.0800. The molecule has 0 fully saturated rings. The Balaban J connectivity index is 3.25. The Morgan fingerprint density at radius 2 is 1.69 bits per heavy atom. The number of hydrogen-bond donors (Lipinski definition) is 1. The molecule has 0 aromatic heterocycles. The molecule has 0 saturated carbocycles. The highest BCUT2D eigenvalue weighted by molar-refractivity contribution is 4.63. The Morgan fingerprint density at radius 3 is 2.15 bits per heavy atom. The summed E-state index contributed by atoms with van der Waals surface area (Å²) in [4.78, 5) is 2.22. The van der Waals surface area contributed by atoms with Gasteiger partial charge in [0.15, 0.2) is 0 Å². The maximum Gasteiger partial charge on any atom is 0.00394 e. The smallest absolute Gasteiger partial charge is 0.00394 e. The van der Waals surface area contributed by atoms with Gasteiger partial charge in [-0.25, -0.2) is 0 Å². The third kappa shape index (κ3) is 9.84. The van der Waals surface area contributed by atoms with Crippen LogP contribution < -0.4 is 5.73 Å². The van der Waals surface area contributed by atoms with Gasteiger partial charge in [0, 0.05) is 6.04 Å². The second kappa shape index (κ2) is 7.34. The summed E-state index contributed by atoms with van der Waals surface area (Å²) in [6, 6.07) is 0.419. The maximum atomic E-state index is 5.99. The molecule has 0 aliphatic carbocycles. The van der Waals surface area contributed by atoms with Gasteiger partial charge in [0.1, 0.15) is 0 Å². The molecular weight excluding hydrogens is 160 g/mol. The van der Waals surface area contributed by atoms with Crippen molar-refractivity contribution in [3.8, 4) is 0 Å². The van der Waals surface area contributed by atoms with Crippen molar-refractivity contribution in [1.29, 1.82) is 0 Å². The van der Waals surface area contributed by atoms with Crippen LogP contribution in [-0.4, -0.2) is 31.6 Å². The lowest BCUT2D eigenvalue weighted by atomic mass is 10.0. The van der Waals surface area contributed by atoms with E-state index in [0.29, 0.717) is 6.04 Å². The van der Waals surface area contributed by atoms with Crippen LogP contribution in [0, 0.1) is 5.92 Å². The Kier molecular flexibility index (Phi) is 7.29. The highest BCUT2D eigenvalue weighted by Gasteiger charge is 2.03. The van der Waals surface area contributed by atoms with Crippen molar-refractivity contribution in [3.63, 3.8) is 0 Å². The van der Waals surface area contributed by atoms with Crippen LogP contribution in [0.25, 0.3) is 0 Å². The highest BCUT2D eigenvalue weighted by atomic mass is 15.0. The van der Waals surface area contributed by atoms with E-state index >= 15 is 0 Å². The zero-order valence-corrected chi connectivity index (χ0v) is 9.71.